The van der Waals surface area contributed by atoms with Gasteiger partial charge in [-0.25, -0.2) is 9.97 Å². The fourth-order valence-corrected chi connectivity index (χ4v) is 2.66. The Morgan fingerprint density at radius 1 is 1.36 bits per heavy atom. The fourth-order valence-electron chi connectivity index (χ4n) is 2.05. The second-order valence-corrected chi connectivity index (χ2v) is 5.64. The Balaban J connectivity index is 2.30. The Labute approximate surface area is 137 Å². The van der Waals surface area contributed by atoms with Crippen molar-refractivity contribution in [2.24, 2.45) is 0 Å². The van der Waals surface area contributed by atoms with Crippen molar-refractivity contribution in [1.29, 1.82) is 0 Å². The van der Waals surface area contributed by atoms with Gasteiger partial charge in [0.1, 0.15) is 12.4 Å². The van der Waals surface area contributed by atoms with Gasteiger partial charge in [0, 0.05) is 7.05 Å². The molecule has 1 aromatic carbocycles. The number of aryl methyl sites for hydroxylation is 2. The maximum absolute atomic E-state index is 12.0. The highest BCUT2D eigenvalue weighted by molar-refractivity contribution is 9.10. The lowest BCUT2D eigenvalue weighted by Gasteiger charge is -2.13. The van der Waals surface area contributed by atoms with Gasteiger partial charge in [-0.2, -0.15) is 0 Å². The zero-order chi connectivity index (χ0) is 16.3. The van der Waals surface area contributed by atoms with Crippen LogP contribution < -0.4 is 15.8 Å². The first-order valence-corrected chi connectivity index (χ1v) is 7.45. The number of ether oxygens (including phenoxy) is 1. The number of nitrogens with two attached hydrogens (primary N) is 1. The summed E-state index contributed by atoms with van der Waals surface area (Å²) < 4.78 is 6.59. The summed E-state index contributed by atoms with van der Waals surface area (Å²) in [6.07, 6.45) is 0. The third-order valence-electron chi connectivity index (χ3n) is 3.09. The van der Waals surface area contributed by atoms with Crippen molar-refractivity contribution in [3.63, 3.8) is 0 Å². The minimum Gasteiger partial charge on any atom is -0.486 e. The average Bonchev–Trinajstić information content (AvgIpc) is 2.45. The fraction of sp³-hybridized carbons (Fsp3) is 0.267. The monoisotopic (exact) mass is 364 g/mol. The Morgan fingerprint density at radius 2 is 2.09 bits per heavy atom. The van der Waals surface area contributed by atoms with E-state index in [1.807, 2.05) is 25.1 Å². The normalized spacial score (nSPS) is 10.4. The second-order valence-electron chi connectivity index (χ2n) is 4.79. The van der Waals surface area contributed by atoms with Crippen LogP contribution >= 0.6 is 15.9 Å². The Kier molecular flexibility index (Phi) is 4.97. The first-order valence-electron chi connectivity index (χ1n) is 6.66. The smallest absolute Gasteiger partial charge is 0.254 e. The van der Waals surface area contributed by atoms with Crippen LogP contribution in [0.15, 0.2) is 22.7 Å². The van der Waals surface area contributed by atoms with Gasteiger partial charge in [0.15, 0.2) is 0 Å². The number of nitrogens with one attached hydrogen (secondary N) is 1. The number of carbonyl (C=O) groups is 1. The minimum absolute atomic E-state index is 0.117. The molecular formula is C15H17BrN4O2. The van der Waals surface area contributed by atoms with Crippen LogP contribution in [0, 0.1) is 13.8 Å². The summed E-state index contributed by atoms with van der Waals surface area (Å²) >= 11 is 3.45. The molecule has 6 nitrogen and oxygen atoms in total. The lowest BCUT2D eigenvalue weighted by molar-refractivity contribution is 0.0959. The third kappa shape index (κ3) is 3.54. The van der Waals surface area contributed by atoms with E-state index in [4.69, 9.17) is 10.5 Å². The van der Waals surface area contributed by atoms with Crippen molar-refractivity contribution in [3.8, 4) is 5.75 Å². The van der Waals surface area contributed by atoms with E-state index in [-0.39, 0.29) is 18.5 Å². The largest absolute Gasteiger partial charge is 0.486 e. The van der Waals surface area contributed by atoms with Crippen LogP contribution in [0.25, 0.3) is 0 Å². The van der Waals surface area contributed by atoms with E-state index in [2.05, 4.69) is 31.2 Å². The molecule has 1 aromatic heterocycles. The number of hydrogen-bond acceptors (Lipinski definition) is 5. The molecule has 0 aliphatic heterocycles. The summed E-state index contributed by atoms with van der Waals surface area (Å²) in [5.74, 6) is 0.522. The van der Waals surface area contributed by atoms with Gasteiger partial charge < -0.3 is 15.8 Å². The number of hydrogen-bond donors (Lipinski definition) is 2. The molecule has 116 valence electrons. The zero-order valence-corrected chi connectivity index (χ0v) is 14.2. The third-order valence-corrected chi connectivity index (χ3v) is 3.71. The zero-order valence-electron chi connectivity index (χ0n) is 12.6. The molecule has 3 N–H and O–H groups in total. The van der Waals surface area contributed by atoms with E-state index in [0.29, 0.717) is 22.7 Å². The van der Waals surface area contributed by atoms with Crippen LogP contribution in [0.3, 0.4) is 0 Å². The molecule has 2 rings (SSSR count). The quantitative estimate of drug-likeness (QED) is 0.868. The Hall–Kier alpha value is -2.15. The summed E-state index contributed by atoms with van der Waals surface area (Å²) in [6.45, 7) is 3.83. The summed E-state index contributed by atoms with van der Waals surface area (Å²) in [5, 5.41) is 2.57. The highest BCUT2D eigenvalue weighted by atomic mass is 79.9. The van der Waals surface area contributed by atoms with Gasteiger partial charge >= 0.3 is 0 Å². The molecular weight excluding hydrogens is 348 g/mol. The summed E-state index contributed by atoms with van der Waals surface area (Å²) in [5.41, 5.74) is 8.15. The number of amides is 1. The number of nitrogens with zero attached hydrogens (tertiary/aromatic N) is 2. The summed E-state index contributed by atoms with van der Waals surface area (Å²) in [6, 6.07) is 5.75. The van der Waals surface area contributed by atoms with Crippen molar-refractivity contribution in [2.45, 2.75) is 20.5 Å². The number of nitrogen functional groups attached to an aromatic ring is 1. The maximum Gasteiger partial charge on any atom is 0.254 e. The topological polar surface area (TPSA) is 90.1 Å². The highest BCUT2D eigenvalue weighted by Crippen LogP contribution is 2.27. The predicted molar refractivity (Wildman–Crippen MR) is 87.8 cm³/mol. The number of carbonyl (C=O) groups excluding carboxylic acids is 1. The standard InChI is InChI=1S/C15H17BrN4O2/c1-8-4-5-12(10(16)6-8)22-7-11-13(14(21)18-3)9(2)19-15(17)20-11/h4-6H,7H2,1-3H3,(H,18,21)(H2,17,19,20). The number of anilines is 1. The van der Waals surface area contributed by atoms with Crippen molar-refractivity contribution in [3.05, 3.63) is 45.2 Å². The molecule has 0 fully saturated rings. The average molecular weight is 365 g/mol. The van der Waals surface area contributed by atoms with Gasteiger partial charge in [-0.3, -0.25) is 4.79 Å². The SMILES string of the molecule is CNC(=O)c1c(C)nc(N)nc1COc1ccc(C)cc1Br. The molecule has 0 atom stereocenters. The van der Waals surface area contributed by atoms with Crippen LogP contribution in [-0.4, -0.2) is 22.9 Å². The molecule has 0 bridgehead atoms. The summed E-state index contributed by atoms with van der Waals surface area (Å²) in [7, 11) is 1.55. The van der Waals surface area contributed by atoms with Gasteiger partial charge in [-0.05, 0) is 47.5 Å². The van der Waals surface area contributed by atoms with Gasteiger partial charge in [-0.1, -0.05) is 6.07 Å². The lowest BCUT2D eigenvalue weighted by Crippen LogP contribution is -2.23. The Bertz CT molecular complexity index is 719. The minimum atomic E-state index is -0.265. The first kappa shape index (κ1) is 16.2. The number of halogens is 1. The highest BCUT2D eigenvalue weighted by Gasteiger charge is 2.17. The maximum atomic E-state index is 12.0. The second kappa shape index (κ2) is 6.74. The molecule has 2 aromatic rings. The molecule has 1 heterocycles. The molecule has 0 saturated heterocycles. The number of rotatable bonds is 4. The molecule has 0 unspecified atom stereocenters. The van der Waals surface area contributed by atoms with E-state index in [9.17, 15) is 4.79 Å². The van der Waals surface area contributed by atoms with E-state index in [1.54, 1.807) is 14.0 Å². The van der Waals surface area contributed by atoms with Gasteiger partial charge in [0.2, 0.25) is 5.95 Å². The first-order chi connectivity index (χ1) is 10.4. The molecule has 1 amide bonds. The van der Waals surface area contributed by atoms with Crippen molar-refractivity contribution < 1.29 is 9.53 Å². The Morgan fingerprint density at radius 3 is 2.73 bits per heavy atom. The molecule has 0 radical (unpaired) electrons. The van der Waals surface area contributed by atoms with Crippen LogP contribution in [0.4, 0.5) is 5.95 Å². The molecule has 0 saturated carbocycles. The van der Waals surface area contributed by atoms with E-state index in [1.165, 1.54) is 0 Å². The molecule has 0 spiro atoms. The molecule has 0 aliphatic rings. The van der Waals surface area contributed by atoms with Crippen molar-refractivity contribution >= 4 is 27.8 Å². The van der Waals surface area contributed by atoms with Crippen LogP contribution in [-0.2, 0) is 6.61 Å². The van der Waals surface area contributed by atoms with Crippen LogP contribution in [0.1, 0.15) is 27.3 Å². The number of aromatic nitrogens is 2. The number of benzene rings is 1. The van der Waals surface area contributed by atoms with Gasteiger partial charge in [0.05, 0.1) is 21.4 Å². The van der Waals surface area contributed by atoms with Crippen LogP contribution in [0.2, 0.25) is 0 Å². The van der Waals surface area contributed by atoms with E-state index < -0.39 is 0 Å². The van der Waals surface area contributed by atoms with Crippen molar-refractivity contribution in [1.82, 2.24) is 15.3 Å². The summed E-state index contributed by atoms with van der Waals surface area (Å²) in [4.78, 5) is 20.2. The van der Waals surface area contributed by atoms with Crippen molar-refractivity contribution in [2.75, 3.05) is 12.8 Å². The molecule has 0 aliphatic carbocycles. The van der Waals surface area contributed by atoms with Crippen LogP contribution in [0.5, 0.6) is 5.75 Å². The molecule has 22 heavy (non-hydrogen) atoms. The predicted octanol–water partition coefficient (Wildman–Crippen LogP) is 2.38. The van der Waals surface area contributed by atoms with Gasteiger partial charge in [-0.15, -0.1) is 0 Å². The van der Waals surface area contributed by atoms with Gasteiger partial charge in [0.25, 0.3) is 5.91 Å². The van der Waals surface area contributed by atoms with E-state index in [0.717, 1.165) is 10.0 Å². The molecule has 7 heteroatoms. The van der Waals surface area contributed by atoms with E-state index >= 15 is 0 Å². The lowest BCUT2D eigenvalue weighted by atomic mass is 10.1.